The Morgan fingerprint density at radius 3 is 2.87 bits per heavy atom. The van der Waals surface area contributed by atoms with E-state index in [-0.39, 0.29) is 70.1 Å². The lowest BCUT2D eigenvalue weighted by atomic mass is 9.89. The number of phenols is 1. The molecule has 4 fully saturated rings. The molecular weight excluding hydrogens is 605 g/mol. The lowest BCUT2D eigenvalue weighted by Crippen LogP contribution is -2.60. The highest BCUT2D eigenvalue weighted by Crippen LogP contribution is 2.45. The minimum Gasteiger partial charge on any atom is -0.508 e. The van der Waals surface area contributed by atoms with Gasteiger partial charge in [0, 0.05) is 48.6 Å². The van der Waals surface area contributed by atoms with E-state index in [1.165, 1.54) is 24.3 Å². The van der Waals surface area contributed by atoms with Gasteiger partial charge in [0.25, 0.3) is 0 Å². The topological polar surface area (TPSA) is 86.6 Å². The second-order valence-electron chi connectivity index (χ2n) is 14.2. The lowest BCUT2D eigenvalue weighted by molar-refractivity contribution is 0.107. The standard InChI is InChI=1S/C36H35F3N6O2/c1-3-23-25(38)7-5-19-12-22(46)13-24(28(19)23)31-30(39)32-29-27(41-31)11-18(2)33-26-8-6-21(40-26)16-45(33)34(29)43-35(42-32)47-17-36-9-4-10-44(36)15-20(37)14-36/h1,5,7,12-13,18,20-21,26,33,40,46H,4,6,8-11,14-17H2,2H3/t18-,20-,21-,26+,33-,36+/m1/s1. The number of anilines is 1. The number of ether oxygens (including phenoxy) is 1. The minimum atomic E-state index is -0.914. The summed E-state index contributed by atoms with van der Waals surface area (Å²) in [5, 5.41) is 15.8. The molecule has 0 saturated carbocycles. The molecule has 242 valence electrons. The second kappa shape index (κ2) is 10.4. The van der Waals surface area contributed by atoms with Gasteiger partial charge in [0.2, 0.25) is 0 Å². The lowest BCUT2D eigenvalue weighted by Gasteiger charge is -2.43. The maximum atomic E-state index is 17.2. The fourth-order valence-electron chi connectivity index (χ4n) is 9.40. The number of aromatic nitrogens is 3. The average molecular weight is 641 g/mol. The number of rotatable bonds is 4. The van der Waals surface area contributed by atoms with Crippen molar-refractivity contribution in [3.63, 3.8) is 0 Å². The monoisotopic (exact) mass is 640 g/mol. The van der Waals surface area contributed by atoms with Gasteiger partial charge in [0.05, 0.1) is 22.2 Å². The first-order valence-corrected chi connectivity index (χ1v) is 16.6. The number of halogens is 3. The highest BCUT2D eigenvalue weighted by atomic mass is 19.1. The zero-order chi connectivity index (χ0) is 32.2. The number of nitrogens with zero attached hydrogens (tertiary/aromatic N) is 5. The third kappa shape index (κ3) is 4.34. The van der Waals surface area contributed by atoms with E-state index in [9.17, 15) is 9.50 Å². The van der Waals surface area contributed by atoms with Crippen LogP contribution >= 0.6 is 0 Å². The molecule has 2 N–H and O–H groups in total. The van der Waals surface area contributed by atoms with Crippen LogP contribution in [0.4, 0.5) is 19.0 Å². The van der Waals surface area contributed by atoms with Crippen LogP contribution in [0.1, 0.15) is 50.3 Å². The van der Waals surface area contributed by atoms with E-state index in [1.54, 1.807) is 0 Å². The first kappa shape index (κ1) is 29.0. The van der Waals surface area contributed by atoms with Crippen LogP contribution in [-0.2, 0) is 6.42 Å². The van der Waals surface area contributed by atoms with E-state index in [2.05, 4.69) is 28.0 Å². The Balaban J connectivity index is 1.26. The molecule has 2 bridgehead atoms. The number of hydrogen-bond acceptors (Lipinski definition) is 8. The summed E-state index contributed by atoms with van der Waals surface area (Å²) in [5.41, 5.74) is 0.320. The summed E-state index contributed by atoms with van der Waals surface area (Å²) in [5.74, 6) is 1.66. The number of terminal acetylenes is 1. The van der Waals surface area contributed by atoms with Gasteiger partial charge < -0.3 is 20.1 Å². The van der Waals surface area contributed by atoms with Gasteiger partial charge in [-0.25, -0.2) is 18.2 Å². The van der Waals surface area contributed by atoms with Crippen molar-refractivity contribution in [3.05, 3.63) is 47.2 Å². The molecule has 11 heteroatoms. The molecule has 7 heterocycles. The summed E-state index contributed by atoms with van der Waals surface area (Å²) >= 11 is 0. The number of alkyl halides is 1. The van der Waals surface area contributed by atoms with Gasteiger partial charge in [-0.3, -0.25) is 4.90 Å². The van der Waals surface area contributed by atoms with E-state index in [0.717, 1.165) is 32.2 Å². The van der Waals surface area contributed by atoms with Crippen LogP contribution in [0.3, 0.4) is 0 Å². The van der Waals surface area contributed by atoms with Gasteiger partial charge >= 0.3 is 6.01 Å². The normalized spacial score (nSPS) is 29.6. The number of aromatic hydroxyl groups is 1. The van der Waals surface area contributed by atoms with Gasteiger partial charge in [0.1, 0.15) is 41.4 Å². The molecule has 0 amide bonds. The van der Waals surface area contributed by atoms with Crippen LogP contribution in [-0.4, -0.2) is 81.0 Å². The first-order chi connectivity index (χ1) is 22.7. The summed E-state index contributed by atoms with van der Waals surface area (Å²) in [6, 6.07) is 6.26. The maximum Gasteiger partial charge on any atom is 0.319 e. The van der Waals surface area contributed by atoms with Gasteiger partial charge in [-0.15, -0.1) is 6.42 Å². The molecule has 4 aromatic rings. The number of piperazine rings is 1. The Kier molecular flexibility index (Phi) is 6.44. The van der Waals surface area contributed by atoms with Crippen molar-refractivity contribution in [1.82, 2.24) is 25.2 Å². The van der Waals surface area contributed by atoms with Crippen LogP contribution in [0, 0.1) is 29.9 Å². The predicted octanol–water partition coefficient (Wildman–Crippen LogP) is 5.27. The smallest absolute Gasteiger partial charge is 0.319 e. The largest absolute Gasteiger partial charge is 0.508 e. The van der Waals surface area contributed by atoms with Crippen molar-refractivity contribution < 1.29 is 23.0 Å². The number of benzene rings is 2. The van der Waals surface area contributed by atoms with Gasteiger partial charge in [-0.1, -0.05) is 18.9 Å². The Labute approximate surface area is 270 Å². The Hall–Kier alpha value is -4.14. The second-order valence-corrected chi connectivity index (χ2v) is 14.2. The van der Waals surface area contributed by atoms with Crippen LogP contribution in [0.25, 0.3) is 32.9 Å². The molecule has 0 unspecified atom stereocenters. The van der Waals surface area contributed by atoms with E-state index < -0.39 is 23.3 Å². The molecule has 5 aliphatic rings. The molecule has 2 aromatic heterocycles. The third-order valence-electron chi connectivity index (χ3n) is 11.3. The van der Waals surface area contributed by atoms with Gasteiger partial charge in [0.15, 0.2) is 5.82 Å². The van der Waals surface area contributed by atoms with E-state index in [1.807, 2.05) is 0 Å². The molecule has 47 heavy (non-hydrogen) atoms. The Morgan fingerprint density at radius 1 is 1.15 bits per heavy atom. The van der Waals surface area contributed by atoms with Crippen LogP contribution in [0.15, 0.2) is 24.3 Å². The van der Waals surface area contributed by atoms with E-state index in [0.29, 0.717) is 48.2 Å². The molecule has 0 spiro atoms. The summed E-state index contributed by atoms with van der Waals surface area (Å²) in [7, 11) is 0. The first-order valence-electron chi connectivity index (χ1n) is 16.6. The fourth-order valence-corrected chi connectivity index (χ4v) is 9.40. The minimum absolute atomic E-state index is 0.0345. The molecule has 5 aliphatic heterocycles. The van der Waals surface area contributed by atoms with Crippen molar-refractivity contribution in [2.75, 3.05) is 31.1 Å². The summed E-state index contributed by atoms with van der Waals surface area (Å²) < 4.78 is 53.1. The number of nitrogens with one attached hydrogen (secondary N) is 1. The number of hydrogen-bond donors (Lipinski definition) is 2. The molecule has 6 atom stereocenters. The zero-order valence-corrected chi connectivity index (χ0v) is 26.1. The quantitative estimate of drug-likeness (QED) is 0.292. The van der Waals surface area contributed by atoms with Crippen molar-refractivity contribution in [1.29, 1.82) is 0 Å². The Bertz CT molecular complexity index is 2020. The molecule has 4 saturated heterocycles. The van der Waals surface area contributed by atoms with Gasteiger partial charge in [-0.2, -0.15) is 9.97 Å². The molecule has 9 rings (SSSR count). The molecule has 2 aromatic carbocycles. The van der Waals surface area contributed by atoms with Crippen LogP contribution in [0.5, 0.6) is 11.8 Å². The van der Waals surface area contributed by atoms with E-state index in [4.69, 9.17) is 26.1 Å². The van der Waals surface area contributed by atoms with Gasteiger partial charge in [-0.05, 0) is 68.2 Å². The van der Waals surface area contributed by atoms with Crippen molar-refractivity contribution in [2.45, 2.75) is 75.3 Å². The van der Waals surface area contributed by atoms with Crippen molar-refractivity contribution >= 4 is 27.5 Å². The summed E-state index contributed by atoms with van der Waals surface area (Å²) in [6.45, 7) is 4.31. The average Bonchev–Trinajstić information content (AvgIpc) is 3.69. The predicted molar refractivity (Wildman–Crippen MR) is 172 cm³/mol. The SMILES string of the molecule is C#Cc1c(F)ccc2cc(O)cc(-c3nc4c5c(nc(OC[C@@]67CCCN6C[C@H](F)C7)nc5c3F)N3C[C@H]5CC[C@H](N5)[C@H]3[C@H](C)C4)c12. The van der Waals surface area contributed by atoms with Crippen LogP contribution < -0.4 is 15.0 Å². The summed E-state index contributed by atoms with van der Waals surface area (Å²) in [4.78, 5) is 19.0. The fraction of sp³-hybridized carbons (Fsp3) is 0.472. The third-order valence-corrected chi connectivity index (χ3v) is 11.3. The highest BCUT2D eigenvalue weighted by molar-refractivity contribution is 6.03. The molecule has 0 aliphatic carbocycles. The summed E-state index contributed by atoms with van der Waals surface area (Å²) in [6.07, 6.45) is 9.65. The number of phenolic OH excluding ortho intramolecular Hbond substituents is 1. The molecule has 0 radical (unpaired) electrons. The van der Waals surface area contributed by atoms with E-state index >= 15 is 8.78 Å². The van der Waals surface area contributed by atoms with Crippen molar-refractivity contribution in [2.24, 2.45) is 5.92 Å². The number of fused-ring (bicyclic) bond motifs is 7. The van der Waals surface area contributed by atoms with Crippen molar-refractivity contribution in [3.8, 4) is 35.4 Å². The molecular formula is C36H35F3N6O2. The molecule has 8 nitrogen and oxygen atoms in total. The maximum absolute atomic E-state index is 17.2. The highest BCUT2D eigenvalue weighted by Gasteiger charge is 2.50. The van der Waals surface area contributed by atoms with Crippen LogP contribution in [0.2, 0.25) is 0 Å². The Morgan fingerprint density at radius 2 is 2.02 bits per heavy atom. The number of pyridine rings is 1. The zero-order valence-electron chi connectivity index (χ0n) is 26.1.